The summed E-state index contributed by atoms with van der Waals surface area (Å²) in [5, 5.41) is 3.07. The number of rotatable bonds is 3. The lowest BCUT2D eigenvalue weighted by molar-refractivity contribution is 0.529. The van der Waals surface area contributed by atoms with Gasteiger partial charge in [-0.3, -0.25) is 0 Å². The molecular weight excluding hydrogens is 164 g/mol. The van der Waals surface area contributed by atoms with E-state index in [1.165, 1.54) is 0 Å². The largest absolute Gasteiger partial charge is 0.343 e. The van der Waals surface area contributed by atoms with E-state index >= 15 is 0 Å². The summed E-state index contributed by atoms with van der Waals surface area (Å²) >= 11 is 0. The van der Waals surface area contributed by atoms with Crippen LogP contribution in [-0.2, 0) is 0 Å². The Kier molecular flexibility index (Phi) is 9.03. The van der Waals surface area contributed by atoms with E-state index in [4.69, 9.17) is 0 Å². The monoisotopic (exact) mass is 188 g/mol. The van der Waals surface area contributed by atoms with E-state index in [1.54, 1.807) is 0 Å². The minimum atomic E-state index is -0.400. The van der Waals surface area contributed by atoms with Gasteiger partial charge in [0.25, 0.3) is 0 Å². The van der Waals surface area contributed by atoms with Crippen molar-refractivity contribution in [1.82, 2.24) is 10.3 Å². The first kappa shape index (κ1) is 14.4. The third-order valence-electron chi connectivity index (χ3n) is 1.73. The minimum absolute atomic E-state index is 0.0972. The van der Waals surface area contributed by atoms with Gasteiger partial charge in [-0.25, -0.2) is 0 Å². The van der Waals surface area contributed by atoms with Crippen molar-refractivity contribution < 1.29 is 0 Å². The first-order chi connectivity index (χ1) is 5.39. The van der Waals surface area contributed by atoms with Crippen molar-refractivity contribution in [2.24, 2.45) is 0 Å². The van der Waals surface area contributed by atoms with Gasteiger partial charge in [0.2, 0.25) is 0 Å². The van der Waals surface area contributed by atoms with E-state index in [9.17, 15) is 0 Å². The normalized spacial score (nSPS) is 10.6. The van der Waals surface area contributed by atoms with Crippen molar-refractivity contribution in [1.29, 1.82) is 0 Å². The van der Waals surface area contributed by atoms with Gasteiger partial charge < -0.3 is 10.3 Å². The summed E-state index contributed by atoms with van der Waals surface area (Å²) in [6.07, 6.45) is 1.88. The van der Waals surface area contributed by atoms with E-state index in [1.807, 2.05) is 20.2 Å². The summed E-state index contributed by atoms with van der Waals surface area (Å²) in [5.74, 6) is 0. The van der Waals surface area contributed by atoms with Crippen molar-refractivity contribution in [3.63, 3.8) is 0 Å². The van der Waals surface area contributed by atoms with Gasteiger partial charge >= 0.3 is 0 Å². The maximum Gasteiger partial charge on any atom is 0.102 e. The fraction of sp³-hybridized carbons (Fsp3) is 0.778. The van der Waals surface area contributed by atoms with Gasteiger partial charge in [-0.2, -0.15) is 0 Å². The Bertz CT molecular complexity index is 111. The molecule has 2 N–H and O–H groups in total. The SMILES string of the molecule is C=CC(C)(C)NC.CN[SiH](C)C. The van der Waals surface area contributed by atoms with Gasteiger partial charge in [0.1, 0.15) is 8.96 Å². The van der Waals surface area contributed by atoms with Gasteiger partial charge in [0.05, 0.1) is 0 Å². The quantitative estimate of drug-likeness (QED) is 0.516. The van der Waals surface area contributed by atoms with Crippen LogP contribution in [0.4, 0.5) is 0 Å². The molecule has 0 aromatic rings. The summed E-state index contributed by atoms with van der Waals surface area (Å²) < 4.78 is 0. The van der Waals surface area contributed by atoms with E-state index in [-0.39, 0.29) is 5.54 Å². The molecule has 3 heteroatoms. The Hall–Kier alpha value is -0.123. The van der Waals surface area contributed by atoms with E-state index < -0.39 is 8.96 Å². The van der Waals surface area contributed by atoms with Crippen LogP contribution in [0.2, 0.25) is 13.1 Å². The van der Waals surface area contributed by atoms with Crippen molar-refractivity contribution in [2.45, 2.75) is 32.5 Å². The molecule has 0 atom stereocenters. The first-order valence-corrected chi connectivity index (χ1v) is 7.28. The topological polar surface area (TPSA) is 24.1 Å². The first-order valence-electron chi connectivity index (χ1n) is 4.39. The molecule has 0 bridgehead atoms. The third kappa shape index (κ3) is 12.5. The summed E-state index contributed by atoms with van der Waals surface area (Å²) in [6.45, 7) is 12.3. The zero-order valence-electron chi connectivity index (χ0n) is 9.36. The van der Waals surface area contributed by atoms with Crippen LogP contribution in [0.3, 0.4) is 0 Å². The maximum absolute atomic E-state index is 3.64. The fourth-order valence-corrected chi connectivity index (χ4v) is 0.102. The Morgan fingerprint density at radius 1 is 1.25 bits per heavy atom. The number of hydrogen-bond donors (Lipinski definition) is 2. The molecule has 0 rings (SSSR count). The molecule has 0 fully saturated rings. The standard InChI is InChI=1S/C6H13N.C3H11NSi/c1-5-6(2,3)7-4;1-4-5(2)3/h5,7H,1H2,2-4H3;4-5H,1-3H3. The highest BCUT2D eigenvalue weighted by Crippen LogP contribution is 1.98. The van der Waals surface area contributed by atoms with Crippen molar-refractivity contribution >= 4 is 8.96 Å². The average Bonchev–Trinajstić information content (AvgIpc) is 2.05. The van der Waals surface area contributed by atoms with Crippen molar-refractivity contribution in [3.05, 3.63) is 12.7 Å². The van der Waals surface area contributed by atoms with Gasteiger partial charge in [0, 0.05) is 5.54 Å². The molecule has 12 heavy (non-hydrogen) atoms. The molecule has 0 radical (unpaired) electrons. The average molecular weight is 188 g/mol. The molecule has 0 spiro atoms. The van der Waals surface area contributed by atoms with Crippen LogP contribution in [0.15, 0.2) is 12.7 Å². The van der Waals surface area contributed by atoms with Crippen molar-refractivity contribution in [3.8, 4) is 0 Å². The molecule has 0 aliphatic heterocycles. The summed E-state index contributed by atoms with van der Waals surface area (Å²) in [4.78, 5) is 3.17. The second kappa shape index (κ2) is 7.52. The van der Waals surface area contributed by atoms with Crippen LogP contribution in [0.1, 0.15) is 13.8 Å². The molecule has 0 saturated heterocycles. The highest BCUT2D eigenvalue weighted by Gasteiger charge is 2.05. The summed E-state index contributed by atoms with van der Waals surface area (Å²) in [6, 6.07) is 0. The van der Waals surface area contributed by atoms with Crippen LogP contribution in [0.5, 0.6) is 0 Å². The van der Waals surface area contributed by atoms with Crippen LogP contribution in [0, 0.1) is 0 Å². The molecule has 2 nitrogen and oxygen atoms in total. The molecule has 0 aromatic carbocycles. The van der Waals surface area contributed by atoms with E-state index in [2.05, 4.69) is 43.8 Å². The zero-order chi connectivity index (χ0) is 10.2. The lowest BCUT2D eigenvalue weighted by Gasteiger charge is -2.17. The van der Waals surface area contributed by atoms with Crippen LogP contribution in [-0.4, -0.2) is 28.6 Å². The highest BCUT2D eigenvalue weighted by molar-refractivity contribution is 6.52. The highest BCUT2D eigenvalue weighted by atomic mass is 28.3. The Morgan fingerprint density at radius 3 is 1.58 bits per heavy atom. The Labute approximate surface area is 79.1 Å². The fourth-order valence-electron chi connectivity index (χ4n) is 0.102. The lowest BCUT2D eigenvalue weighted by Crippen LogP contribution is -2.33. The zero-order valence-corrected chi connectivity index (χ0v) is 10.5. The molecule has 0 amide bonds. The van der Waals surface area contributed by atoms with Crippen molar-refractivity contribution in [2.75, 3.05) is 14.1 Å². The van der Waals surface area contributed by atoms with Crippen LogP contribution < -0.4 is 10.3 Å². The third-order valence-corrected chi connectivity index (χ3v) is 2.89. The molecule has 0 unspecified atom stereocenters. The number of nitrogens with one attached hydrogen (secondary N) is 2. The lowest BCUT2D eigenvalue weighted by atomic mass is 10.1. The number of likely N-dealkylation sites (N-methyl/N-ethyl adjacent to an activating group) is 1. The Morgan fingerprint density at radius 2 is 1.58 bits per heavy atom. The van der Waals surface area contributed by atoms with Gasteiger partial charge in [0.15, 0.2) is 0 Å². The second-order valence-corrected chi connectivity index (χ2v) is 6.51. The van der Waals surface area contributed by atoms with Crippen LogP contribution >= 0.6 is 0 Å². The van der Waals surface area contributed by atoms with Gasteiger partial charge in [-0.15, -0.1) is 6.58 Å². The van der Waals surface area contributed by atoms with Crippen LogP contribution in [0.25, 0.3) is 0 Å². The minimum Gasteiger partial charge on any atom is -0.343 e. The van der Waals surface area contributed by atoms with Gasteiger partial charge in [-0.1, -0.05) is 19.2 Å². The van der Waals surface area contributed by atoms with Gasteiger partial charge in [-0.05, 0) is 27.9 Å². The maximum atomic E-state index is 3.64. The summed E-state index contributed by atoms with van der Waals surface area (Å²) in [7, 11) is 3.53. The molecule has 74 valence electrons. The molecule has 0 saturated carbocycles. The van der Waals surface area contributed by atoms with E-state index in [0.29, 0.717) is 0 Å². The predicted molar refractivity (Wildman–Crippen MR) is 61.3 cm³/mol. The molecular formula is C9H24N2Si. The predicted octanol–water partition coefficient (Wildman–Crippen LogP) is 1.36. The molecule has 0 aromatic heterocycles. The molecule has 0 aliphatic rings. The van der Waals surface area contributed by atoms with E-state index in [0.717, 1.165) is 0 Å². The smallest absolute Gasteiger partial charge is 0.102 e. The summed E-state index contributed by atoms with van der Waals surface area (Å²) in [5.41, 5.74) is 0.0972. The number of hydrogen-bond acceptors (Lipinski definition) is 2. The molecule has 0 aliphatic carbocycles. The molecule has 0 heterocycles. The second-order valence-electron chi connectivity index (χ2n) is 3.62. The Balaban J connectivity index is 0.